The van der Waals surface area contributed by atoms with E-state index in [9.17, 15) is 4.79 Å². The summed E-state index contributed by atoms with van der Waals surface area (Å²) < 4.78 is 0. The van der Waals surface area contributed by atoms with Gasteiger partial charge in [-0.3, -0.25) is 4.79 Å². The largest absolute Gasteiger partial charge is 0.358 e. The molecule has 89 valence electrons. The molecule has 0 aliphatic carbocycles. The SMILES string of the molecule is [CH2-]CCC1(C)C=CN=CNC1=O.[CH3-].[Lr]. The molecule has 1 atom stereocenters. The van der Waals surface area contributed by atoms with Crippen molar-refractivity contribution >= 4 is 12.2 Å². The van der Waals surface area contributed by atoms with Gasteiger partial charge in [-0.1, -0.05) is 12.5 Å². The Balaban J connectivity index is 0. The number of carbonyl (C=O) groups excluding carboxylic acids is 1. The van der Waals surface area contributed by atoms with Crippen LogP contribution in [0.4, 0.5) is 0 Å². The van der Waals surface area contributed by atoms with Gasteiger partial charge in [-0.2, -0.15) is 6.42 Å². The molecule has 0 aromatic rings. The van der Waals surface area contributed by atoms with E-state index in [2.05, 4.69) is 17.2 Å². The minimum atomic E-state index is -0.446. The number of carbonyl (C=O) groups is 1. The van der Waals surface area contributed by atoms with Crippen molar-refractivity contribution in [3.05, 3.63) is 26.6 Å². The van der Waals surface area contributed by atoms with E-state index in [4.69, 9.17) is 0 Å². The van der Waals surface area contributed by atoms with Crippen LogP contribution in [0, 0.1) is 19.8 Å². The van der Waals surface area contributed by atoms with Crippen LogP contribution in [-0.2, 0) is 4.79 Å². The molecule has 1 amide bonds. The van der Waals surface area contributed by atoms with Gasteiger partial charge in [0.05, 0.1) is 11.8 Å². The van der Waals surface area contributed by atoms with E-state index in [0.717, 1.165) is 12.8 Å². The zero-order valence-electron chi connectivity index (χ0n) is 8.47. The van der Waals surface area contributed by atoms with Gasteiger partial charge in [0.1, 0.15) is 0 Å². The van der Waals surface area contributed by atoms with Crippen molar-refractivity contribution in [1.82, 2.24) is 5.32 Å². The van der Waals surface area contributed by atoms with E-state index in [1.54, 1.807) is 6.20 Å². The van der Waals surface area contributed by atoms with Gasteiger partial charge in [0.15, 0.2) is 0 Å². The van der Waals surface area contributed by atoms with Crippen molar-refractivity contribution in [2.24, 2.45) is 10.4 Å². The molecule has 4 heteroatoms. The van der Waals surface area contributed by atoms with Crippen molar-refractivity contribution in [3.63, 3.8) is 0 Å². The van der Waals surface area contributed by atoms with Crippen LogP contribution in [0.3, 0.4) is 0 Å². The molecule has 1 N–H and O–H groups in total. The third kappa shape index (κ3) is 2.73. The molecule has 0 saturated heterocycles. The first-order chi connectivity index (χ1) is 5.69. The average Bonchev–Trinajstić information content (AvgIpc) is 2.17. The van der Waals surface area contributed by atoms with Crippen molar-refractivity contribution in [3.8, 4) is 0 Å². The van der Waals surface area contributed by atoms with Crippen LogP contribution in [0.1, 0.15) is 19.8 Å². The van der Waals surface area contributed by atoms with Crippen molar-refractivity contribution < 1.29 is 4.79 Å². The maximum absolute atomic E-state index is 11.4. The van der Waals surface area contributed by atoms with Crippen molar-refractivity contribution in [2.45, 2.75) is 19.8 Å². The van der Waals surface area contributed by atoms with Gasteiger partial charge in [0.25, 0.3) is 0 Å². The summed E-state index contributed by atoms with van der Waals surface area (Å²) in [7, 11) is 0. The number of amides is 1. The number of aliphatic imine (C=N–C) groups is 1. The van der Waals surface area contributed by atoms with Gasteiger partial charge < -0.3 is 19.7 Å². The summed E-state index contributed by atoms with van der Waals surface area (Å²) in [6, 6.07) is 0. The number of hydrogen-bond acceptors (Lipinski definition) is 2. The molecule has 1 rings (SSSR count). The Morgan fingerprint density at radius 3 is 2.86 bits per heavy atom. The molecule has 0 bridgehead atoms. The van der Waals surface area contributed by atoms with Gasteiger partial charge in [-0.15, -0.1) is 0 Å². The Bertz CT molecular complexity index is 238. The van der Waals surface area contributed by atoms with Crippen LogP contribution in [0.25, 0.3) is 0 Å². The number of nitrogens with one attached hydrogen (secondary N) is 1. The average molecular weight is 442 g/mol. The number of nitrogens with zero attached hydrogens (tertiary/aromatic N) is 1. The molecule has 0 aromatic carbocycles. The predicted octanol–water partition coefficient (Wildman–Crippen LogP) is 1.73. The summed E-state index contributed by atoms with van der Waals surface area (Å²) in [4.78, 5) is 15.3. The molecular formula is C10H16LrN2O-2. The molecule has 0 fully saturated rings. The molecule has 0 saturated carbocycles. The number of hydrogen-bond donors (Lipinski definition) is 1. The summed E-state index contributed by atoms with van der Waals surface area (Å²) in [5, 5.41) is 2.60. The quantitative estimate of drug-likeness (QED) is 0.651. The van der Waals surface area contributed by atoms with Gasteiger partial charge >= 0.3 is 0 Å². The van der Waals surface area contributed by atoms with E-state index < -0.39 is 5.41 Å². The smallest absolute Gasteiger partial charge is 0.234 e. The third-order valence-electron chi connectivity index (χ3n) is 2.01. The van der Waals surface area contributed by atoms with Crippen LogP contribution < -0.4 is 5.32 Å². The van der Waals surface area contributed by atoms with E-state index in [-0.39, 0.29) is 13.3 Å². The fourth-order valence-corrected chi connectivity index (χ4v) is 1.15. The van der Waals surface area contributed by atoms with E-state index in [1.807, 2.05) is 13.0 Å². The zero-order valence-corrected chi connectivity index (χ0v) is 10.6. The molecule has 1 heterocycles. The molecule has 14 heavy (non-hydrogen) atoms. The zero-order chi connectivity index (χ0) is 9.03. The molecule has 0 spiro atoms. The molecular weight excluding hydrogens is 426 g/mol. The molecule has 3 nitrogen and oxygen atoms in total. The molecule has 0 aromatic heterocycles. The van der Waals surface area contributed by atoms with Crippen molar-refractivity contribution in [2.75, 3.05) is 0 Å². The fourth-order valence-electron chi connectivity index (χ4n) is 1.15. The Labute approximate surface area is 79.9 Å². The monoisotopic (exact) mass is 442 g/mol. The standard InChI is InChI=1S/C9H13N2O.CH3.Lr/c1-3-4-9(2)5-6-10-7-11-8(9)12;;/h5-7H,1,3-4H2,2H3,(H,10,11,12);1H3;/q2*-1;. The predicted molar refractivity (Wildman–Crippen MR) is 54.9 cm³/mol. The minimum absolute atomic E-state index is 0. The summed E-state index contributed by atoms with van der Waals surface area (Å²) in [6.45, 7) is 5.62. The summed E-state index contributed by atoms with van der Waals surface area (Å²) >= 11 is 0. The van der Waals surface area contributed by atoms with Crippen LogP contribution in [0.15, 0.2) is 17.3 Å². The Kier molecular flexibility index (Phi) is 5.67. The van der Waals surface area contributed by atoms with Gasteiger partial charge in [0, 0.05) is 6.20 Å². The van der Waals surface area contributed by atoms with E-state index in [0.29, 0.717) is 0 Å². The van der Waals surface area contributed by atoms with Gasteiger partial charge in [0.2, 0.25) is 5.91 Å². The van der Waals surface area contributed by atoms with E-state index in [1.165, 1.54) is 6.34 Å². The van der Waals surface area contributed by atoms with Gasteiger partial charge in [-0.05, 0) is 6.92 Å². The normalized spacial score (nSPS) is 24.3. The van der Waals surface area contributed by atoms with E-state index >= 15 is 0 Å². The second kappa shape index (κ2) is 5.51. The third-order valence-corrected chi connectivity index (χ3v) is 2.01. The maximum atomic E-state index is 11.4. The first-order valence-electron chi connectivity index (χ1n) is 3.98. The Hall–Kier alpha value is -2.12. The van der Waals surface area contributed by atoms with Crippen LogP contribution in [0.5, 0.6) is 0 Å². The summed E-state index contributed by atoms with van der Waals surface area (Å²) in [6.07, 6.45) is 6.37. The molecule has 1 unspecified atom stereocenters. The van der Waals surface area contributed by atoms with Crippen LogP contribution in [-0.4, -0.2) is 12.2 Å². The Morgan fingerprint density at radius 2 is 2.29 bits per heavy atom. The number of rotatable bonds is 2. The fraction of sp³-hybridized carbons (Fsp3) is 0.400. The first kappa shape index (κ1) is 14.4. The second-order valence-corrected chi connectivity index (χ2v) is 3.09. The molecule has 1 aliphatic heterocycles. The topological polar surface area (TPSA) is 41.5 Å². The first-order valence-corrected chi connectivity index (χ1v) is 3.98. The second-order valence-electron chi connectivity index (χ2n) is 3.09. The Morgan fingerprint density at radius 1 is 1.64 bits per heavy atom. The summed E-state index contributed by atoms with van der Waals surface area (Å²) in [5.41, 5.74) is -0.446. The molecule has 1 radical (unpaired) electrons. The summed E-state index contributed by atoms with van der Waals surface area (Å²) in [5.74, 6) is -0.0105. The van der Waals surface area contributed by atoms with Gasteiger partial charge in [-0.25, -0.2) is 4.99 Å². The van der Waals surface area contributed by atoms with Crippen molar-refractivity contribution in [1.29, 1.82) is 0 Å². The maximum Gasteiger partial charge on any atom is 0.234 e. The minimum Gasteiger partial charge on any atom is -0.358 e. The van der Waals surface area contributed by atoms with Crippen LogP contribution >= 0.6 is 0 Å². The van der Waals surface area contributed by atoms with Crippen LogP contribution in [0.2, 0.25) is 0 Å². The molecule has 1 aliphatic rings.